The van der Waals surface area contributed by atoms with Crippen LogP contribution in [0.25, 0.3) is 10.9 Å². The molecule has 152 valence electrons. The molecule has 0 radical (unpaired) electrons. The Morgan fingerprint density at radius 1 is 1.21 bits per heavy atom. The molecule has 1 aromatic carbocycles. The van der Waals surface area contributed by atoms with E-state index in [1.165, 1.54) is 16.4 Å². The molecule has 0 unspecified atom stereocenters. The van der Waals surface area contributed by atoms with Gasteiger partial charge in [-0.05, 0) is 48.9 Å². The fraction of sp³-hybridized carbons (Fsp3) is 0.500. The molecule has 1 N–H and O–H groups in total. The number of hydrogen-bond acceptors (Lipinski definition) is 4. The molecule has 0 bridgehead atoms. The molecule has 2 aromatic rings. The summed E-state index contributed by atoms with van der Waals surface area (Å²) in [6, 6.07) is 7.71. The molecule has 0 spiro atoms. The molecule has 28 heavy (non-hydrogen) atoms. The van der Waals surface area contributed by atoms with Crippen molar-refractivity contribution in [3.8, 4) is 0 Å². The monoisotopic (exact) mass is 405 g/mol. The number of sulfonamides is 1. The number of hydrogen-bond donors (Lipinski definition) is 1. The number of carbonyl (C=O) groups excluding carboxylic acids is 1. The van der Waals surface area contributed by atoms with Gasteiger partial charge in [0.1, 0.15) is 0 Å². The summed E-state index contributed by atoms with van der Waals surface area (Å²) in [4.78, 5) is 28.6. The van der Waals surface area contributed by atoms with Crippen molar-refractivity contribution < 1.29 is 13.2 Å². The van der Waals surface area contributed by atoms with Gasteiger partial charge in [0.2, 0.25) is 21.5 Å². The van der Waals surface area contributed by atoms with E-state index < -0.39 is 10.0 Å². The van der Waals surface area contributed by atoms with Crippen LogP contribution in [0.1, 0.15) is 32.6 Å². The molecule has 1 amide bonds. The average Bonchev–Trinajstić information content (AvgIpc) is 2.71. The molecule has 0 atom stereocenters. The third-order valence-electron chi connectivity index (χ3n) is 5.36. The predicted molar refractivity (Wildman–Crippen MR) is 109 cm³/mol. The molecule has 1 aliphatic rings. The van der Waals surface area contributed by atoms with E-state index in [0.29, 0.717) is 36.8 Å². The number of rotatable bonds is 6. The number of amides is 1. The van der Waals surface area contributed by atoms with Gasteiger partial charge < -0.3 is 9.88 Å². The molecule has 0 aliphatic carbocycles. The highest BCUT2D eigenvalue weighted by Gasteiger charge is 2.33. The summed E-state index contributed by atoms with van der Waals surface area (Å²) in [6.45, 7) is 3.51. The largest absolute Gasteiger partial charge is 0.346 e. The smallest absolute Gasteiger partial charge is 0.248 e. The van der Waals surface area contributed by atoms with Crippen LogP contribution < -0.4 is 5.56 Å². The first kappa shape index (κ1) is 20.5. The number of nitrogens with zero attached hydrogens (tertiary/aromatic N) is 2. The Morgan fingerprint density at radius 2 is 1.93 bits per heavy atom. The molecule has 3 rings (SSSR count). The lowest BCUT2D eigenvalue weighted by Crippen LogP contribution is -2.43. The normalized spacial score (nSPS) is 16.4. The van der Waals surface area contributed by atoms with Gasteiger partial charge in [0, 0.05) is 44.2 Å². The Labute approximate surface area is 165 Å². The molecule has 0 saturated carbocycles. The fourth-order valence-corrected chi connectivity index (χ4v) is 5.11. The number of carbonyl (C=O) groups is 1. The summed E-state index contributed by atoms with van der Waals surface area (Å²) < 4.78 is 27.5. The molecular weight excluding hydrogens is 378 g/mol. The number of nitrogens with one attached hydrogen (secondary N) is 1. The highest BCUT2D eigenvalue weighted by molar-refractivity contribution is 7.89. The minimum Gasteiger partial charge on any atom is -0.346 e. The molecular formula is C20H27N3O4S. The Balaban J connectivity index is 1.70. The van der Waals surface area contributed by atoms with Crippen LogP contribution in [0.4, 0.5) is 0 Å². The molecule has 1 fully saturated rings. The molecule has 2 heterocycles. The first-order valence-electron chi connectivity index (χ1n) is 9.71. The Bertz CT molecular complexity index is 1010. The van der Waals surface area contributed by atoms with E-state index in [1.54, 1.807) is 23.1 Å². The van der Waals surface area contributed by atoms with Crippen molar-refractivity contribution >= 4 is 26.8 Å². The van der Waals surface area contributed by atoms with E-state index in [4.69, 9.17) is 0 Å². The maximum absolute atomic E-state index is 13.0. The number of piperidine rings is 1. The van der Waals surface area contributed by atoms with Crippen molar-refractivity contribution in [2.24, 2.45) is 5.92 Å². The van der Waals surface area contributed by atoms with Gasteiger partial charge in [0.05, 0.1) is 4.90 Å². The number of unbranched alkanes of at least 4 members (excludes halogenated alkanes) is 1. The summed E-state index contributed by atoms with van der Waals surface area (Å²) in [7, 11) is -1.81. The maximum Gasteiger partial charge on any atom is 0.248 e. The Morgan fingerprint density at radius 3 is 2.61 bits per heavy atom. The Kier molecular flexibility index (Phi) is 6.20. The van der Waals surface area contributed by atoms with Crippen molar-refractivity contribution in [2.45, 2.75) is 37.5 Å². The second-order valence-electron chi connectivity index (χ2n) is 7.36. The van der Waals surface area contributed by atoms with E-state index in [2.05, 4.69) is 11.9 Å². The number of H-pyrrole nitrogens is 1. The Hall–Kier alpha value is -2.19. The maximum atomic E-state index is 13.0. The molecule has 1 aromatic heterocycles. The van der Waals surface area contributed by atoms with Crippen LogP contribution in [-0.2, 0) is 14.8 Å². The van der Waals surface area contributed by atoms with E-state index in [-0.39, 0.29) is 22.3 Å². The highest BCUT2D eigenvalue weighted by atomic mass is 32.2. The zero-order valence-corrected chi connectivity index (χ0v) is 17.2. The van der Waals surface area contributed by atoms with Crippen molar-refractivity contribution in [1.82, 2.24) is 14.2 Å². The van der Waals surface area contributed by atoms with Gasteiger partial charge in [-0.25, -0.2) is 8.42 Å². The molecule has 8 heteroatoms. The van der Waals surface area contributed by atoms with Crippen LogP contribution in [0.3, 0.4) is 0 Å². The topological polar surface area (TPSA) is 90.6 Å². The van der Waals surface area contributed by atoms with Crippen LogP contribution in [0.2, 0.25) is 0 Å². The van der Waals surface area contributed by atoms with Gasteiger partial charge >= 0.3 is 0 Å². The van der Waals surface area contributed by atoms with Gasteiger partial charge in [0.15, 0.2) is 0 Å². The van der Waals surface area contributed by atoms with Crippen molar-refractivity contribution in [1.29, 1.82) is 0 Å². The van der Waals surface area contributed by atoms with Crippen molar-refractivity contribution in [2.75, 3.05) is 26.7 Å². The molecule has 7 nitrogen and oxygen atoms in total. The van der Waals surface area contributed by atoms with Gasteiger partial charge in [-0.1, -0.05) is 13.3 Å². The first-order chi connectivity index (χ1) is 13.3. The van der Waals surface area contributed by atoms with E-state index in [9.17, 15) is 18.0 Å². The van der Waals surface area contributed by atoms with Gasteiger partial charge in [-0.15, -0.1) is 0 Å². The summed E-state index contributed by atoms with van der Waals surface area (Å²) >= 11 is 0. The molecule has 1 saturated heterocycles. The number of benzene rings is 1. The number of pyridine rings is 1. The zero-order valence-electron chi connectivity index (χ0n) is 16.3. The SMILES string of the molecule is CCCCN(C)C(=O)C1CCN(S(=O)(=O)c2ccc3[nH]c(=O)ccc3c2)CC1. The second kappa shape index (κ2) is 8.45. The summed E-state index contributed by atoms with van der Waals surface area (Å²) in [5.74, 6) is -0.00450. The van der Waals surface area contributed by atoms with Gasteiger partial charge in [-0.3, -0.25) is 9.59 Å². The van der Waals surface area contributed by atoms with Gasteiger partial charge in [0.25, 0.3) is 0 Å². The van der Waals surface area contributed by atoms with Crippen molar-refractivity contribution in [3.63, 3.8) is 0 Å². The van der Waals surface area contributed by atoms with Crippen LogP contribution in [0.15, 0.2) is 40.0 Å². The van der Waals surface area contributed by atoms with Gasteiger partial charge in [-0.2, -0.15) is 4.31 Å². The quantitative estimate of drug-likeness (QED) is 0.798. The van der Waals surface area contributed by atoms with E-state index in [0.717, 1.165) is 19.4 Å². The van der Waals surface area contributed by atoms with Crippen LogP contribution >= 0.6 is 0 Å². The van der Waals surface area contributed by atoms with Crippen LogP contribution in [0.5, 0.6) is 0 Å². The fourth-order valence-electron chi connectivity index (χ4n) is 3.60. The lowest BCUT2D eigenvalue weighted by molar-refractivity contribution is -0.135. The zero-order chi connectivity index (χ0) is 20.3. The summed E-state index contributed by atoms with van der Waals surface area (Å²) in [5.41, 5.74) is 0.379. The second-order valence-corrected chi connectivity index (χ2v) is 9.30. The van der Waals surface area contributed by atoms with Crippen molar-refractivity contribution in [3.05, 3.63) is 40.7 Å². The van der Waals surface area contributed by atoms with E-state index >= 15 is 0 Å². The highest BCUT2D eigenvalue weighted by Crippen LogP contribution is 2.26. The van der Waals surface area contributed by atoms with Crippen LogP contribution in [0, 0.1) is 5.92 Å². The first-order valence-corrected chi connectivity index (χ1v) is 11.1. The lowest BCUT2D eigenvalue weighted by Gasteiger charge is -2.32. The third kappa shape index (κ3) is 4.28. The summed E-state index contributed by atoms with van der Waals surface area (Å²) in [6.07, 6.45) is 3.08. The number of fused-ring (bicyclic) bond motifs is 1. The minimum atomic E-state index is -3.63. The lowest BCUT2D eigenvalue weighted by atomic mass is 9.96. The standard InChI is InChI=1S/C20H27N3O4S/c1-3-4-11-22(2)20(25)15-9-12-23(13-10-15)28(26,27)17-6-7-18-16(14-17)5-8-19(24)21-18/h5-8,14-15H,3-4,9-13H2,1-2H3,(H,21,24). The number of aromatic nitrogens is 1. The van der Waals surface area contributed by atoms with E-state index in [1.807, 2.05) is 7.05 Å². The van der Waals surface area contributed by atoms with Crippen LogP contribution in [-0.4, -0.2) is 55.2 Å². The minimum absolute atomic E-state index is 0.111. The number of aromatic amines is 1. The average molecular weight is 406 g/mol. The third-order valence-corrected chi connectivity index (χ3v) is 7.25. The summed E-state index contributed by atoms with van der Waals surface area (Å²) in [5, 5.41) is 0.670. The molecule has 1 aliphatic heterocycles. The predicted octanol–water partition coefficient (Wildman–Crippen LogP) is 2.19.